The molecule has 0 aliphatic carbocycles. The van der Waals surface area contributed by atoms with E-state index >= 15 is 0 Å². The fourth-order valence-corrected chi connectivity index (χ4v) is 1.55. The highest BCUT2D eigenvalue weighted by Gasteiger charge is 2.09. The van der Waals surface area contributed by atoms with Gasteiger partial charge in [-0.05, 0) is 24.5 Å². The summed E-state index contributed by atoms with van der Waals surface area (Å²) in [7, 11) is 0. The largest absolute Gasteiger partial charge is 0.308 e. The van der Waals surface area contributed by atoms with Crippen LogP contribution in [0, 0.1) is 6.92 Å². The first-order chi connectivity index (χ1) is 8.60. The highest BCUT2D eigenvalue weighted by Crippen LogP contribution is 2.20. The molecular formula is C13H17N5. The number of nitrogens with one attached hydrogen (secondary N) is 1. The Kier molecular flexibility index (Phi) is 3.53. The molecule has 5 heteroatoms. The Morgan fingerprint density at radius 3 is 2.56 bits per heavy atom. The summed E-state index contributed by atoms with van der Waals surface area (Å²) >= 11 is 0. The molecule has 0 aromatic carbocycles. The molecular weight excluding hydrogens is 226 g/mol. The van der Waals surface area contributed by atoms with Gasteiger partial charge in [0.05, 0.1) is 0 Å². The number of anilines is 1. The van der Waals surface area contributed by atoms with E-state index in [9.17, 15) is 0 Å². The molecule has 0 saturated carbocycles. The van der Waals surface area contributed by atoms with Crippen molar-refractivity contribution < 1.29 is 0 Å². The van der Waals surface area contributed by atoms with Gasteiger partial charge >= 0.3 is 0 Å². The average molecular weight is 243 g/mol. The monoisotopic (exact) mass is 243 g/mol. The van der Waals surface area contributed by atoms with Crippen molar-refractivity contribution in [3.63, 3.8) is 0 Å². The zero-order chi connectivity index (χ0) is 13.1. The van der Waals surface area contributed by atoms with E-state index in [0.29, 0.717) is 17.6 Å². The number of hydrogen-bond donors (Lipinski definition) is 2. The van der Waals surface area contributed by atoms with Gasteiger partial charge in [0, 0.05) is 18.0 Å². The SMILES string of the molecule is Cc1ccc(-c2nc(NN)cc(C(C)C)n2)nc1. The predicted octanol–water partition coefficient (Wildman–Crippen LogP) is 2.26. The summed E-state index contributed by atoms with van der Waals surface area (Å²) in [5.41, 5.74) is 5.36. The number of hydrazine groups is 1. The van der Waals surface area contributed by atoms with Crippen molar-refractivity contribution in [3.05, 3.63) is 35.7 Å². The topological polar surface area (TPSA) is 76.7 Å². The number of nitrogen functional groups attached to an aromatic ring is 1. The maximum absolute atomic E-state index is 5.43. The number of aromatic nitrogens is 3. The smallest absolute Gasteiger partial charge is 0.180 e. The van der Waals surface area contributed by atoms with Gasteiger partial charge in [0.15, 0.2) is 5.82 Å². The van der Waals surface area contributed by atoms with Gasteiger partial charge in [-0.2, -0.15) is 0 Å². The zero-order valence-electron chi connectivity index (χ0n) is 10.8. The Labute approximate surface area is 106 Å². The highest BCUT2D eigenvalue weighted by molar-refractivity contribution is 5.53. The van der Waals surface area contributed by atoms with Gasteiger partial charge < -0.3 is 5.43 Å². The molecule has 5 nitrogen and oxygen atoms in total. The van der Waals surface area contributed by atoms with Crippen molar-refractivity contribution in [1.82, 2.24) is 15.0 Å². The molecule has 0 amide bonds. The Morgan fingerprint density at radius 2 is 2.00 bits per heavy atom. The third kappa shape index (κ3) is 2.62. The molecule has 2 aromatic heterocycles. The van der Waals surface area contributed by atoms with E-state index < -0.39 is 0 Å². The summed E-state index contributed by atoms with van der Waals surface area (Å²) in [5, 5.41) is 0. The normalized spacial score (nSPS) is 10.7. The summed E-state index contributed by atoms with van der Waals surface area (Å²) in [6.45, 7) is 6.15. The standard InChI is InChI=1S/C13H17N5/c1-8(2)11-6-12(18-14)17-13(16-11)10-5-4-9(3)7-15-10/h4-8H,14H2,1-3H3,(H,16,17,18). The predicted molar refractivity (Wildman–Crippen MR) is 71.9 cm³/mol. The van der Waals surface area contributed by atoms with Crippen LogP contribution in [0.25, 0.3) is 11.5 Å². The van der Waals surface area contributed by atoms with Crippen LogP contribution in [-0.2, 0) is 0 Å². The van der Waals surface area contributed by atoms with Crippen molar-refractivity contribution in [1.29, 1.82) is 0 Å². The first-order valence-corrected chi connectivity index (χ1v) is 5.88. The lowest BCUT2D eigenvalue weighted by atomic mass is 10.1. The molecule has 2 heterocycles. The third-order valence-corrected chi connectivity index (χ3v) is 2.63. The maximum atomic E-state index is 5.43. The Bertz CT molecular complexity index is 534. The van der Waals surface area contributed by atoms with E-state index in [4.69, 9.17) is 5.84 Å². The summed E-state index contributed by atoms with van der Waals surface area (Å²) in [5.74, 6) is 6.93. The molecule has 2 aromatic rings. The zero-order valence-corrected chi connectivity index (χ0v) is 10.8. The molecule has 18 heavy (non-hydrogen) atoms. The molecule has 0 aliphatic heterocycles. The van der Waals surface area contributed by atoms with Crippen LogP contribution in [0.5, 0.6) is 0 Å². The quantitative estimate of drug-likeness (QED) is 0.638. The summed E-state index contributed by atoms with van der Waals surface area (Å²) in [6.07, 6.45) is 1.80. The van der Waals surface area contributed by atoms with E-state index in [1.807, 2.05) is 25.1 Å². The lowest BCUT2D eigenvalue weighted by Crippen LogP contribution is -2.11. The Balaban J connectivity index is 2.49. The van der Waals surface area contributed by atoms with Crippen LogP contribution in [0.2, 0.25) is 0 Å². The molecule has 0 aliphatic rings. The van der Waals surface area contributed by atoms with Gasteiger partial charge in [-0.3, -0.25) is 4.98 Å². The van der Waals surface area contributed by atoms with Gasteiger partial charge in [-0.15, -0.1) is 0 Å². The average Bonchev–Trinajstić information content (AvgIpc) is 2.39. The minimum Gasteiger partial charge on any atom is -0.308 e. The van der Waals surface area contributed by atoms with E-state index in [-0.39, 0.29) is 0 Å². The van der Waals surface area contributed by atoms with Crippen LogP contribution in [0.15, 0.2) is 24.4 Å². The number of pyridine rings is 1. The number of nitrogens with two attached hydrogens (primary N) is 1. The lowest BCUT2D eigenvalue weighted by molar-refractivity contribution is 0.816. The van der Waals surface area contributed by atoms with Crippen LogP contribution >= 0.6 is 0 Å². The minimum atomic E-state index is 0.310. The molecule has 2 rings (SSSR count). The Morgan fingerprint density at radius 1 is 1.22 bits per heavy atom. The number of nitrogens with zero attached hydrogens (tertiary/aromatic N) is 3. The van der Waals surface area contributed by atoms with Gasteiger partial charge in [-0.25, -0.2) is 15.8 Å². The molecule has 0 fully saturated rings. The van der Waals surface area contributed by atoms with Crippen molar-refractivity contribution in [2.75, 3.05) is 5.43 Å². The van der Waals surface area contributed by atoms with Crippen molar-refractivity contribution in [3.8, 4) is 11.5 Å². The third-order valence-electron chi connectivity index (χ3n) is 2.63. The molecule has 94 valence electrons. The first kappa shape index (κ1) is 12.4. The van der Waals surface area contributed by atoms with Crippen LogP contribution in [0.1, 0.15) is 31.0 Å². The van der Waals surface area contributed by atoms with E-state index in [1.165, 1.54) is 0 Å². The lowest BCUT2D eigenvalue weighted by Gasteiger charge is -2.09. The second-order valence-corrected chi connectivity index (χ2v) is 4.52. The van der Waals surface area contributed by atoms with Gasteiger partial charge in [-0.1, -0.05) is 19.9 Å². The molecule has 0 unspecified atom stereocenters. The molecule has 0 bridgehead atoms. The molecule has 0 atom stereocenters. The number of aryl methyl sites for hydroxylation is 1. The van der Waals surface area contributed by atoms with Crippen molar-refractivity contribution in [2.24, 2.45) is 5.84 Å². The summed E-state index contributed by atoms with van der Waals surface area (Å²) < 4.78 is 0. The fraction of sp³-hybridized carbons (Fsp3) is 0.308. The highest BCUT2D eigenvalue weighted by atomic mass is 15.3. The maximum Gasteiger partial charge on any atom is 0.180 e. The molecule has 3 N–H and O–H groups in total. The van der Waals surface area contributed by atoms with Crippen LogP contribution < -0.4 is 11.3 Å². The second-order valence-electron chi connectivity index (χ2n) is 4.52. The van der Waals surface area contributed by atoms with Crippen LogP contribution in [-0.4, -0.2) is 15.0 Å². The van der Waals surface area contributed by atoms with Crippen molar-refractivity contribution in [2.45, 2.75) is 26.7 Å². The van der Waals surface area contributed by atoms with E-state index in [2.05, 4.69) is 34.2 Å². The molecule has 0 radical (unpaired) electrons. The van der Waals surface area contributed by atoms with Crippen LogP contribution in [0.3, 0.4) is 0 Å². The van der Waals surface area contributed by atoms with Gasteiger partial charge in [0.25, 0.3) is 0 Å². The van der Waals surface area contributed by atoms with E-state index in [0.717, 1.165) is 17.0 Å². The van der Waals surface area contributed by atoms with Crippen LogP contribution in [0.4, 0.5) is 5.82 Å². The van der Waals surface area contributed by atoms with Gasteiger partial charge in [0.2, 0.25) is 0 Å². The molecule has 0 saturated heterocycles. The summed E-state index contributed by atoms with van der Waals surface area (Å²) in [4.78, 5) is 13.2. The number of rotatable bonds is 3. The Hall–Kier alpha value is -2.01. The number of hydrogen-bond acceptors (Lipinski definition) is 5. The first-order valence-electron chi connectivity index (χ1n) is 5.88. The minimum absolute atomic E-state index is 0.310. The van der Waals surface area contributed by atoms with Crippen molar-refractivity contribution >= 4 is 5.82 Å². The van der Waals surface area contributed by atoms with E-state index in [1.54, 1.807) is 6.20 Å². The summed E-state index contributed by atoms with van der Waals surface area (Å²) in [6, 6.07) is 5.75. The molecule has 0 spiro atoms. The fourth-order valence-electron chi connectivity index (χ4n) is 1.55. The second kappa shape index (κ2) is 5.10. The van der Waals surface area contributed by atoms with Gasteiger partial charge in [0.1, 0.15) is 11.5 Å².